The van der Waals surface area contributed by atoms with Crippen LogP contribution < -0.4 is 16.0 Å². The summed E-state index contributed by atoms with van der Waals surface area (Å²) in [6.07, 6.45) is 0. The molecule has 2 rings (SSSR count). The summed E-state index contributed by atoms with van der Waals surface area (Å²) in [5.41, 5.74) is 0.805. The number of carbonyl (C=O) groups excluding carboxylic acids is 2. The van der Waals surface area contributed by atoms with E-state index in [0.29, 0.717) is 21.0 Å². The van der Waals surface area contributed by atoms with Crippen LogP contribution in [0.4, 0.5) is 15.6 Å². The third-order valence-corrected chi connectivity index (χ3v) is 4.61. The number of hydrogen-bond acceptors (Lipinski definition) is 7. The predicted octanol–water partition coefficient (Wildman–Crippen LogP) is 2.87. The van der Waals surface area contributed by atoms with Crippen LogP contribution in [0.3, 0.4) is 0 Å². The number of benzene rings is 1. The van der Waals surface area contributed by atoms with Gasteiger partial charge in [0.15, 0.2) is 4.34 Å². The summed E-state index contributed by atoms with van der Waals surface area (Å²) in [6.45, 7) is 2.23. The lowest BCUT2D eigenvalue weighted by Gasteiger charge is -2.03. The standard InChI is InChI=1S/C13H14ClN5O2S2/c1-2-15-11(21)17-10(20)7-22-13-19-18-12(23-13)16-9-5-3-4-8(14)6-9/h3-6H,2,7H2,1H3,(H,16,18)(H2,15,17,20,21). The van der Waals surface area contributed by atoms with E-state index in [2.05, 4.69) is 26.1 Å². The van der Waals surface area contributed by atoms with Crippen molar-refractivity contribution in [3.8, 4) is 0 Å². The zero-order valence-corrected chi connectivity index (χ0v) is 14.5. The molecule has 10 heteroatoms. The maximum Gasteiger partial charge on any atom is 0.321 e. The topological polar surface area (TPSA) is 96.0 Å². The van der Waals surface area contributed by atoms with E-state index in [0.717, 1.165) is 5.69 Å². The number of urea groups is 1. The van der Waals surface area contributed by atoms with Crippen molar-refractivity contribution in [3.05, 3.63) is 29.3 Å². The van der Waals surface area contributed by atoms with Crippen molar-refractivity contribution in [3.63, 3.8) is 0 Å². The van der Waals surface area contributed by atoms with Crippen LogP contribution in [0.2, 0.25) is 5.02 Å². The maximum absolute atomic E-state index is 11.6. The second-order valence-electron chi connectivity index (χ2n) is 4.20. The van der Waals surface area contributed by atoms with Crippen molar-refractivity contribution in [1.82, 2.24) is 20.8 Å². The predicted molar refractivity (Wildman–Crippen MR) is 92.6 cm³/mol. The number of amides is 3. The minimum Gasteiger partial charge on any atom is -0.338 e. The van der Waals surface area contributed by atoms with Crippen molar-refractivity contribution < 1.29 is 9.59 Å². The highest BCUT2D eigenvalue weighted by Gasteiger charge is 2.10. The minimum atomic E-state index is -0.501. The Labute approximate surface area is 146 Å². The fourth-order valence-corrected chi connectivity index (χ4v) is 3.27. The van der Waals surface area contributed by atoms with E-state index in [1.54, 1.807) is 19.1 Å². The molecule has 0 atom stereocenters. The molecule has 1 aromatic carbocycles. The Balaban J connectivity index is 1.83. The quantitative estimate of drug-likeness (QED) is 0.676. The first kappa shape index (κ1) is 17.5. The van der Waals surface area contributed by atoms with Gasteiger partial charge in [-0.15, -0.1) is 10.2 Å². The molecule has 0 spiro atoms. The number of nitrogens with zero attached hydrogens (tertiary/aromatic N) is 2. The highest BCUT2D eigenvalue weighted by molar-refractivity contribution is 8.01. The molecular formula is C13H14ClN5O2S2. The molecule has 0 fully saturated rings. The Morgan fingerprint density at radius 3 is 2.91 bits per heavy atom. The average molecular weight is 372 g/mol. The number of aromatic nitrogens is 2. The van der Waals surface area contributed by atoms with Gasteiger partial charge in [0.1, 0.15) is 0 Å². The average Bonchev–Trinajstić information content (AvgIpc) is 2.93. The molecule has 0 unspecified atom stereocenters. The van der Waals surface area contributed by atoms with E-state index in [4.69, 9.17) is 11.6 Å². The SMILES string of the molecule is CCNC(=O)NC(=O)CSc1nnc(Nc2cccc(Cl)c2)s1. The number of imide groups is 1. The zero-order chi connectivity index (χ0) is 16.7. The lowest BCUT2D eigenvalue weighted by atomic mass is 10.3. The van der Waals surface area contributed by atoms with E-state index in [9.17, 15) is 9.59 Å². The van der Waals surface area contributed by atoms with Crippen LogP contribution in [0.1, 0.15) is 6.92 Å². The molecule has 0 aliphatic rings. The van der Waals surface area contributed by atoms with Gasteiger partial charge >= 0.3 is 6.03 Å². The van der Waals surface area contributed by atoms with Gasteiger partial charge in [-0.3, -0.25) is 10.1 Å². The molecule has 0 saturated heterocycles. The van der Waals surface area contributed by atoms with Gasteiger partial charge in [0.2, 0.25) is 11.0 Å². The van der Waals surface area contributed by atoms with Crippen molar-refractivity contribution in [2.24, 2.45) is 0 Å². The van der Waals surface area contributed by atoms with E-state index >= 15 is 0 Å². The normalized spacial score (nSPS) is 10.2. The lowest BCUT2D eigenvalue weighted by molar-refractivity contribution is -0.117. The van der Waals surface area contributed by atoms with Crippen LogP contribution in [0.15, 0.2) is 28.6 Å². The fraction of sp³-hybridized carbons (Fsp3) is 0.231. The molecular weight excluding hydrogens is 358 g/mol. The summed E-state index contributed by atoms with van der Waals surface area (Å²) in [7, 11) is 0. The molecule has 1 heterocycles. The number of halogens is 1. The summed E-state index contributed by atoms with van der Waals surface area (Å²) in [6, 6.07) is 6.74. The van der Waals surface area contributed by atoms with Gasteiger partial charge in [-0.05, 0) is 25.1 Å². The third kappa shape index (κ3) is 6.05. The Kier molecular flexibility index (Phi) is 6.63. The molecule has 2 aromatic rings. The van der Waals surface area contributed by atoms with Crippen LogP contribution in [-0.2, 0) is 4.79 Å². The van der Waals surface area contributed by atoms with Crippen molar-refractivity contribution in [2.45, 2.75) is 11.3 Å². The molecule has 23 heavy (non-hydrogen) atoms. The van der Waals surface area contributed by atoms with Crippen molar-refractivity contribution >= 4 is 57.5 Å². The van der Waals surface area contributed by atoms with Gasteiger partial charge in [0.05, 0.1) is 5.75 Å². The van der Waals surface area contributed by atoms with Crippen LogP contribution in [0.25, 0.3) is 0 Å². The van der Waals surface area contributed by atoms with Crippen LogP contribution >= 0.6 is 34.7 Å². The number of hydrogen-bond donors (Lipinski definition) is 3. The molecule has 0 aliphatic carbocycles. The largest absolute Gasteiger partial charge is 0.338 e. The fourth-order valence-electron chi connectivity index (χ4n) is 1.50. The molecule has 122 valence electrons. The lowest BCUT2D eigenvalue weighted by Crippen LogP contribution is -2.40. The highest BCUT2D eigenvalue weighted by atomic mass is 35.5. The maximum atomic E-state index is 11.6. The molecule has 0 bridgehead atoms. The number of carbonyl (C=O) groups is 2. The second-order valence-corrected chi connectivity index (χ2v) is 6.84. The van der Waals surface area contributed by atoms with Gasteiger partial charge in [0, 0.05) is 17.3 Å². The van der Waals surface area contributed by atoms with Crippen LogP contribution in [0.5, 0.6) is 0 Å². The first-order valence-electron chi connectivity index (χ1n) is 6.63. The summed E-state index contributed by atoms with van der Waals surface area (Å²) in [5.74, 6) is -0.302. The molecule has 3 amide bonds. The summed E-state index contributed by atoms with van der Waals surface area (Å²) in [4.78, 5) is 22.8. The summed E-state index contributed by atoms with van der Waals surface area (Å²) in [5, 5.41) is 17.0. The molecule has 0 aliphatic heterocycles. The van der Waals surface area contributed by atoms with Crippen molar-refractivity contribution in [1.29, 1.82) is 0 Å². The zero-order valence-electron chi connectivity index (χ0n) is 12.1. The molecule has 0 saturated carbocycles. The third-order valence-electron chi connectivity index (χ3n) is 2.40. The van der Waals surface area contributed by atoms with Crippen LogP contribution in [0, 0.1) is 0 Å². The van der Waals surface area contributed by atoms with Crippen LogP contribution in [-0.4, -0.2) is 34.4 Å². The number of nitrogens with one attached hydrogen (secondary N) is 3. The Morgan fingerprint density at radius 1 is 1.35 bits per heavy atom. The molecule has 0 radical (unpaired) electrons. The van der Waals surface area contributed by atoms with Crippen molar-refractivity contribution in [2.75, 3.05) is 17.6 Å². The van der Waals surface area contributed by atoms with Gasteiger partial charge in [-0.1, -0.05) is 40.8 Å². The van der Waals surface area contributed by atoms with Gasteiger partial charge in [-0.2, -0.15) is 0 Å². The number of thioether (sulfide) groups is 1. The van der Waals surface area contributed by atoms with Gasteiger partial charge < -0.3 is 10.6 Å². The first-order chi connectivity index (χ1) is 11.1. The minimum absolute atomic E-state index is 0.0862. The second kappa shape index (κ2) is 8.70. The summed E-state index contributed by atoms with van der Waals surface area (Å²) >= 11 is 8.43. The number of anilines is 2. The highest BCUT2D eigenvalue weighted by Crippen LogP contribution is 2.28. The van der Waals surface area contributed by atoms with E-state index < -0.39 is 6.03 Å². The van der Waals surface area contributed by atoms with E-state index in [1.807, 2.05) is 12.1 Å². The molecule has 7 nitrogen and oxygen atoms in total. The summed E-state index contributed by atoms with van der Waals surface area (Å²) < 4.78 is 0.626. The Morgan fingerprint density at radius 2 is 2.17 bits per heavy atom. The van der Waals surface area contributed by atoms with E-state index in [1.165, 1.54) is 23.1 Å². The monoisotopic (exact) mass is 371 g/mol. The molecule has 3 N–H and O–H groups in total. The Bertz CT molecular complexity index is 695. The number of rotatable bonds is 6. The van der Waals surface area contributed by atoms with Gasteiger partial charge in [-0.25, -0.2) is 4.79 Å². The smallest absolute Gasteiger partial charge is 0.321 e. The van der Waals surface area contributed by atoms with E-state index in [-0.39, 0.29) is 11.7 Å². The molecule has 1 aromatic heterocycles. The van der Waals surface area contributed by atoms with Gasteiger partial charge in [0.25, 0.3) is 0 Å². The Hall–Kier alpha value is -1.84. The first-order valence-corrected chi connectivity index (χ1v) is 8.81.